The van der Waals surface area contributed by atoms with Crippen LogP contribution >= 0.6 is 0 Å². The molecule has 0 bridgehead atoms. The highest BCUT2D eigenvalue weighted by Gasteiger charge is 2.22. The summed E-state index contributed by atoms with van der Waals surface area (Å²) in [6.45, 7) is 3.92. The second-order valence-corrected chi connectivity index (χ2v) is 6.45. The first kappa shape index (κ1) is 17.7. The first-order valence-corrected chi connectivity index (χ1v) is 8.22. The molecule has 5 nitrogen and oxygen atoms in total. The van der Waals surface area contributed by atoms with Crippen LogP contribution in [0.5, 0.6) is 0 Å². The van der Waals surface area contributed by atoms with Crippen molar-refractivity contribution in [1.82, 2.24) is 4.31 Å². The maximum atomic E-state index is 12.5. The van der Waals surface area contributed by atoms with Crippen LogP contribution in [0.15, 0.2) is 23.1 Å². The minimum atomic E-state index is -3.56. The Bertz CT molecular complexity index is 629. The number of sulfonamides is 1. The van der Waals surface area contributed by atoms with Crippen LogP contribution in [0.3, 0.4) is 0 Å². The van der Waals surface area contributed by atoms with Crippen LogP contribution in [0.25, 0.3) is 0 Å². The van der Waals surface area contributed by atoms with Crippen molar-refractivity contribution in [3.05, 3.63) is 29.3 Å². The molecule has 1 aromatic carbocycles. The summed E-state index contributed by atoms with van der Waals surface area (Å²) >= 11 is 0. The lowest BCUT2D eigenvalue weighted by Gasteiger charge is -2.20. The molecule has 0 fully saturated rings. The number of aliphatic hydroxyl groups is 2. The van der Waals surface area contributed by atoms with Gasteiger partial charge >= 0.3 is 0 Å². The lowest BCUT2D eigenvalue weighted by Crippen LogP contribution is -2.32. The molecule has 0 heterocycles. The Morgan fingerprint density at radius 1 is 1.29 bits per heavy atom. The van der Waals surface area contributed by atoms with Gasteiger partial charge in [0.1, 0.15) is 6.61 Å². The van der Waals surface area contributed by atoms with E-state index in [1.54, 1.807) is 26.0 Å². The molecule has 116 valence electrons. The average molecular weight is 311 g/mol. The van der Waals surface area contributed by atoms with E-state index in [1.165, 1.54) is 10.4 Å². The Hall–Kier alpha value is -1.39. The van der Waals surface area contributed by atoms with Crippen LogP contribution in [0.2, 0.25) is 0 Å². The third-order valence-corrected chi connectivity index (χ3v) is 5.03. The van der Waals surface area contributed by atoms with E-state index < -0.39 is 10.0 Å². The zero-order valence-corrected chi connectivity index (χ0v) is 13.2. The SMILES string of the molecule is CCN(CCCO)S(=O)(=O)c1ccc(C#CCO)c(C)c1. The first-order chi connectivity index (χ1) is 9.97. The van der Waals surface area contributed by atoms with Crippen molar-refractivity contribution in [2.45, 2.75) is 25.2 Å². The van der Waals surface area contributed by atoms with Gasteiger partial charge in [-0.25, -0.2) is 8.42 Å². The van der Waals surface area contributed by atoms with E-state index >= 15 is 0 Å². The van der Waals surface area contributed by atoms with Crippen molar-refractivity contribution < 1.29 is 18.6 Å². The Labute approximate surface area is 126 Å². The Morgan fingerprint density at radius 3 is 2.52 bits per heavy atom. The Balaban J connectivity index is 3.11. The summed E-state index contributed by atoms with van der Waals surface area (Å²) in [6.07, 6.45) is 0.409. The van der Waals surface area contributed by atoms with E-state index in [4.69, 9.17) is 10.2 Å². The van der Waals surface area contributed by atoms with Crippen LogP contribution in [0, 0.1) is 18.8 Å². The molecular formula is C15H21NO4S. The van der Waals surface area contributed by atoms with Gasteiger partial charge in [0.2, 0.25) is 10.0 Å². The van der Waals surface area contributed by atoms with Gasteiger partial charge in [0.25, 0.3) is 0 Å². The molecule has 0 atom stereocenters. The highest BCUT2D eigenvalue weighted by atomic mass is 32.2. The van der Waals surface area contributed by atoms with Crippen LogP contribution < -0.4 is 0 Å². The number of nitrogens with zero attached hydrogens (tertiary/aromatic N) is 1. The molecule has 1 rings (SSSR count). The predicted octanol–water partition coefficient (Wildman–Crippen LogP) is 0.732. The fraction of sp³-hybridized carbons (Fsp3) is 0.467. The monoisotopic (exact) mass is 311 g/mol. The van der Waals surface area contributed by atoms with E-state index in [-0.39, 0.29) is 18.1 Å². The molecule has 0 saturated heterocycles. The number of hydrogen-bond acceptors (Lipinski definition) is 4. The molecule has 6 heteroatoms. The Kier molecular flexibility index (Phi) is 6.85. The summed E-state index contributed by atoms with van der Waals surface area (Å²) < 4.78 is 26.4. The van der Waals surface area contributed by atoms with E-state index in [9.17, 15) is 8.42 Å². The van der Waals surface area contributed by atoms with Crippen molar-refractivity contribution in [3.8, 4) is 11.8 Å². The van der Waals surface area contributed by atoms with Crippen LogP contribution in [-0.4, -0.2) is 49.2 Å². The van der Waals surface area contributed by atoms with Gasteiger partial charge in [0.05, 0.1) is 4.90 Å². The topological polar surface area (TPSA) is 77.8 Å². The number of aryl methyl sites for hydroxylation is 1. The lowest BCUT2D eigenvalue weighted by molar-refractivity contribution is 0.271. The summed E-state index contributed by atoms with van der Waals surface area (Å²) in [7, 11) is -3.56. The zero-order valence-electron chi connectivity index (χ0n) is 12.3. The van der Waals surface area contributed by atoms with Crippen molar-refractivity contribution in [2.24, 2.45) is 0 Å². The molecule has 1 aromatic rings. The smallest absolute Gasteiger partial charge is 0.243 e. The molecule has 0 aliphatic carbocycles. The normalized spacial score (nSPS) is 11.3. The molecular weight excluding hydrogens is 290 g/mol. The third-order valence-electron chi connectivity index (χ3n) is 3.06. The van der Waals surface area contributed by atoms with Crippen molar-refractivity contribution in [2.75, 3.05) is 26.3 Å². The van der Waals surface area contributed by atoms with E-state index in [1.807, 2.05) is 0 Å². The van der Waals surface area contributed by atoms with Gasteiger partial charge in [0.15, 0.2) is 0 Å². The third kappa shape index (κ3) is 4.55. The van der Waals surface area contributed by atoms with Gasteiger partial charge in [-0.05, 0) is 37.1 Å². The van der Waals surface area contributed by atoms with Crippen molar-refractivity contribution >= 4 is 10.0 Å². The quantitative estimate of drug-likeness (QED) is 0.759. The summed E-state index contributed by atoms with van der Waals surface area (Å²) in [5.74, 6) is 5.32. The van der Waals surface area contributed by atoms with E-state index in [2.05, 4.69) is 11.8 Å². The molecule has 0 unspecified atom stereocenters. The minimum absolute atomic E-state index is 0.0409. The zero-order chi connectivity index (χ0) is 15.9. The number of benzene rings is 1. The number of rotatable bonds is 6. The standard InChI is InChI=1S/C15H21NO4S/c1-3-16(9-5-11-18)21(19,20)15-8-7-14(6-4-10-17)13(2)12-15/h7-8,12,17-18H,3,5,9-11H2,1-2H3. The van der Waals surface area contributed by atoms with Gasteiger partial charge in [-0.15, -0.1) is 0 Å². The molecule has 0 aliphatic rings. The average Bonchev–Trinajstić information content (AvgIpc) is 2.46. The molecule has 21 heavy (non-hydrogen) atoms. The largest absolute Gasteiger partial charge is 0.396 e. The maximum Gasteiger partial charge on any atom is 0.243 e. The first-order valence-electron chi connectivity index (χ1n) is 6.78. The number of aliphatic hydroxyl groups excluding tert-OH is 2. The molecule has 0 aliphatic heterocycles. The molecule has 0 aromatic heterocycles. The van der Waals surface area contributed by atoms with Gasteiger partial charge in [-0.1, -0.05) is 18.8 Å². The highest BCUT2D eigenvalue weighted by molar-refractivity contribution is 7.89. The Morgan fingerprint density at radius 2 is 2.00 bits per heavy atom. The molecule has 0 radical (unpaired) electrons. The van der Waals surface area contributed by atoms with Crippen LogP contribution in [0.1, 0.15) is 24.5 Å². The van der Waals surface area contributed by atoms with Gasteiger partial charge in [-0.3, -0.25) is 0 Å². The fourth-order valence-corrected chi connectivity index (χ4v) is 3.49. The van der Waals surface area contributed by atoms with Gasteiger partial charge < -0.3 is 10.2 Å². The second kappa shape index (κ2) is 8.15. The maximum absolute atomic E-state index is 12.5. The summed E-state index contributed by atoms with van der Waals surface area (Å²) in [5.41, 5.74) is 1.44. The lowest BCUT2D eigenvalue weighted by atomic mass is 10.1. The molecule has 2 N–H and O–H groups in total. The van der Waals surface area contributed by atoms with Crippen LogP contribution in [0.4, 0.5) is 0 Å². The molecule has 0 spiro atoms. The predicted molar refractivity (Wildman–Crippen MR) is 81.3 cm³/mol. The summed E-state index contributed by atoms with van der Waals surface area (Å²) in [4.78, 5) is 0.217. The summed E-state index contributed by atoms with van der Waals surface area (Å²) in [5, 5.41) is 17.5. The molecule has 0 saturated carbocycles. The van der Waals surface area contributed by atoms with Gasteiger partial charge in [0, 0.05) is 25.3 Å². The fourth-order valence-electron chi connectivity index (χ4n) is 1.92. The van der Waals surface area contributed by atoms with E-state index in [0.29, 0.717) is 25.1 Å². The van der Waals surface area contributed by atoms with Crippen LogP contribution in [-0.2, 0) is 10.0 Å². The highest BCUT2D eigenvalue weighted by Crippen LogP contribution is 2.19. The van der Waals surface area contributed by atoms with Crippen molar-refractivity contribution in [1.29, 1.82) is 0 Å². The molecule has 0 amide bonds. The second-order valence-electron chi connectivity index (χ2n) is 4.51. The van der Waals surface area contributed by atoms with E-state index in [0.717, 1.165) is 5.56 Å². The van der Waals surface area contributed by atoms with Gasteiger partial charge in [-0.2, -0.15) is 4.31 Å². The minimum Gasteiger partial charge on any atom is -0.396 e. The van der Waals surface area contributed by atoms with Crippen molar-refractivity contribution in [3.63, 3.8) is 0 Å². The summed E-state index contributed by atoms with van der Waals surface area (Å²) in [6, 6.07) is 4.74. The number of hydrogen-bond donors (Lipinski definition) is 2.